The smallest absolute Gasteiger partial charge is 0.254 e. The fourth-order valence-corrected chi connectivity index (χ4v) is 4.14. The summed E-state index contributed by atoms with van der Waals surface area (Å²) < 4.78 is 23.6. The molecule has 0 unspecified atom stereocenters. The first-order valence-electron chi connectivity index (χ1n) is 11.7. The third kappa shape index (κ3) is 6.10. The van der Waals surface area contributed by atoms with Gasteiger partial charge in [-0.3, -0.25) is 9.59 Å². The van der Waals surface area contributed by atoms with Crippen molar-refractivity contribution in [2.45, 2.75) is 12.8 Å². The van der Waals surface area contributed by atoms with E-state index >= 15 is 0 Å². The summed E-state index contributed by atoms with van der Waals surface area (Å²) in [5, 5.41) is 2.82. The number of hydrogen-bond donors (Lipinski definition) is 1. The monoisotopic (exact) mass is 492 g/mol. The Labute approximate surface area is 209 Å². The predicted molar refractivity (Wildman–Crippen MR) is 135 cm³/mol. The number of nitrogens with zero attached hydrogens (tertiary/aromatic N) is 3. The topological polar surface area (TPSA) is 84.0 Å². The lowest BCUT2D eigenvalue weighted by Crippen LogP contribution is -2.35. The molecule has 0 spiro atoms. The highest BCUT2D eigenvalue weighted by Gasteiger charge is 2.22. The van der Waals surface area contributed by atoms with Gasteiger partial charge in [-0.1, -0.05) is 12.1 Å². The summed E-state index contributed by atoms with van der Waals surface area (Å²) in [6.07, 6.45) is 2.57. The maximum Gasteiger partial charge on any atom is 0.254 e. The maximum absolute atomic E-state index is 13.1. The van der Waals surface area contributed by atoms with Gasteiger partial charge in [0.05, 0.1) is 32.5 Å². The Morgan fingerprint density at radius 1 is 0.944 bits per heavy atom. The van der Waals surface area contributed by atoms with Crippen molar-refractivity contribution in [2.24, 2.45) is 0 Å². The first-order valence-corrected chi connectivity index (χ1v) is 11.7. The van der Waals surface area contributed by atoms with Gasteiger partial charge in [0.25, 0.3) is 5.91 Å². The Bertz CT molecular complexity index is 1200. The van der Waals surface area contributed by atoms with Crippen LogP contribution in [0.2, 0.25) is 0 Å². The molecule has 9 heteroatoms. The van der Waals surface area contributed by atoms with Crippen LogP contribution in [0, 0.1) is 5.82 Å². The summed E-state index contributed by atoms with van der Waals surface area (Å²) in [4.78, 5) is 33.9. The average molecular weight is 493 g/mol. The number of ether oxygens (including phenoxy) is 2. The van der Waals surface area contributed by atoms with Crippen LogP contribution in [0.1, 0.15) is 22.3 Å². The van der Waals surface area contributed by atoms with Crippen molar-refractivity contribution in [3.05, 3.63) is 77.7 Å². The van der Waals surface area contributed by atoms with E-state index < -0.39 is 0 Å². The SMILES string of the molecule is COc1ccc(C(=O)N2CCCN(c3ccc(NC(=O)Cc4ccc(F)cc4)cn3)CC2)cc1OC. The number of benzene rings is 2. The minimum absolute atomic E-state index is 0.0509. The molecule has 4 rings (SSSR count). The number of aromatic nitrogens is 1. The molecule has 1 aromatic heterocycles. The third-order valence-corrected chi connectivity index (χ3v) is 6.05. The fraction of sp³-hybridized carbons (Fsp3) is 0.296. The van der Waals surface area contributed by atoms with Crippen LogP contribution in [0.25, 0.3) is 0 Å². The van der Waals surface area contributed by atoms with Crippen LogP contribution in [0.5, 0.6) is 11.5 Å². The zero-order chi connectivity index (χ0) is 25.5. The minimum Gasteiger partial charge on any atom is -0.493 e. The lowest BCUT2D eigenvalue weighted by atomic mass is 10.1. The first kappa shape index (κ1) is 25.0. The molecule has 0 aliphatic carbocycles. The second-order valence-electron chi connectivity index (χ2n) is 8.46. The van der Waals surface area contributed by atoms with Crippen LogP contribution in [-0.4, -0.2) is 62.1 Å². The van der Waals surface area contributed by atoms with E-state index in [-0.39, 0.29) is 24.1 Å². The van der Waals surface area contributed by atoms with Gasteiger partial charge in [0.2, 0.25) is 5.91 Å². The predicted octanol–water partition coefficient (Wildman–Crippen LogP) is 3.77. The molecule has 1 aliphatic rings. The number of carbonyl (C=O) groups is 2. The number of halogens is 1. The van der Waals surface area contributed by atoms with E-state index in [1.54, 1.807) is 50.7 Å². The molecule has 1 aliphatic heterocycles. The molecule has 0 bridgehead atoms. The van der Waals surface area contributed by atoms with Gasteiger partial charge in [-0.25, -0.2) is 9.37 Å². The summed E-state index contributed by atoms with van der Waals surface area (Å²) in [6, 6.07) is 14.7. The molecular formula is C27H29FN4O4. The highest BCUT2D eigenvalue weighted by Crippen LogP contribution is 2.28. The summed E-state index contributed by atoms with van der Waals surface area (Å²) in [7, 11) is 3.11. The van der Waals surface area contributed by atoms with Gasteiger partial charge in [0, 0.05) is 31.7 Å². The lowest BCUT2D eigenvalue weighted by Gasteiger charge is -2.23. The van der Waals surface area contributed by atoms with Gasteiger partial charge in [-0.05, 0) is 54.4 Å². The average Bonchev–Trinajstić information content (AvgIpc) is 3.16. The molecule has 2 heterocycles. The molecule has 0 radical (unpaired) electrons. The molecule has 0 saturated carbocycles. The van der Waals surface area contributed by atoms with E-state index in [1.165, 1.54) is 12.1 Å². The quantitative estimate of drug-likeness (QED) is 0.541. The molecule has 8 nitrogen and oxygen atoms in total. The highest BCUT2D eigenvalue weighted by atomic mass is 19.1. The molecule has 0 atom stereocenters. The largest absolute Gasteiger partial charge is 0.493 e. The third-order valence-electron chi connectivity index (χ3n) is 6.05. The first-order chi connectivity index (χ1) is 17.5. The van der Waals surface area contributed by atoms with Crippen molar-refractivity contribution in [3.8, 4) is 11.5 Å². The second kappa shape index (κ2) is 11.5. The van der Waals surface area contributed by atoms with Gasteiger partial charge in [-0.2, -0.15) is 0 Å². The van der Waals surface area contributed by atoms with E-state index in [4.69, 9.17) is 9.47 Å². The summed E-state index contributed by atoms with van der Waals surface area (Å²) in [6.45, 7) is 2.60. The summed E-state index contributed by atoms with van der Waals surface area (Å²) in [5.74, 6) is 1.30. The summed E-state index contributed by atoms with van der Waals surface area (Å²) >= 11 is 0. The zero-order valence-corrected chi connectivity index (χ0v) is 20.4. The van der Waals surface area contributed by atoms with Gasteiger partial charge in [0.15, 0.2) is 11.5 Å². The van der Waals surface area contributed by atoms with Crippen LogP contribution in [0.4, 0.5) is 15.9 Å². The number of pyridine rings is 1. The molecule has 1 fully saturated rings. The standard InChI is InChI=1S/C27H29FN4O4/c1-35-23-10-6-20(17-24(23)36-2)27(34)32-13-3-12-31(14-15-32)25-11-9-22(18-29-25)30-26(33)16-19-4-7-21(28)8-5-19/h4-11,17-18H,3,12-16H2,1-2H3,(H,30,33). The molecule has 3 aromatic rings. The molecule has 36 heavy (non-hydrogen) atoms. The second-order valence-corrected chi connectivity index (χ2v) is 8.46. The Balaban J connectivity index is 1.33. The highest BCUT2D eigenvalue weighted by molar-refractivity contribution is 5.95. The van der Waals surface area contributed by atoms with E-state index in [0.29, 0.717) is 42.4 Å². The van der Waals surface area contributed by atoms with Crippen LogP contribution in [0.3, 0.4) is 0 Å². The molecular weight excluding hydrogens is 463 g/mol. The summed E-state index contributed by atoms with van der Waals surface area (Å²) in [5.41, 5.74) is 1.88. The number of anilines is 2. The molecule has 2 amide bonds. The van der Waals surface area contributed by atoms with Gasteiger partial charge in [-0.15, -0.1) is 0 Å². The molecule has 188 valence electrons. The van der Waals surface area contributed by atoms with Crippen LogP contribution < -0.4 is 19.7 Å². The molecule has 1 N–H and O–H groups in total. The van der Waals surface area contributed by atoms with Crippen molar-refractivity contribution in [1.82, 2.24) is 9.88 Å². The molecule has 2 aromatic carbocycles. The van der Waals surface area contributed by atoms with E-state index in [2.05, 4.69) is 15.2 Å². The minimum atomic E-state index is -0.332. The Kier molecular flexibility index (Phi) is 7.99. The normalized spacial score (nSPS) is 13.6. The van der Waals surface area contributed by atoms with Crippen molar-refractivity contribution in [2.75, 3.05) is 50.6 Å². The number of amides is 2. The van der Waals surface area contributed by atoms with Crippen molar-refractivity contribution in [3.63, 3.8) is 0 Å². The maximum atomic E-state index is 13.1. The van der Waals surface area contributed by atoms with Gasteiger partial charge in [0.1, 0.15) is 11.6 Å². The van der Waals surface area contributed by atoms with E-state index in [9.17, 15) is 14.0 Å². The Morgan fingerprint density at radius 2 is 1.72 bits per heavy atom. The van der Waals surface area contributed by atoms with Gasteiger partial charge >= 0.3 is 0 Å². The van der Waals surface area contributed by atoms with E-state index in [1.807, 2.05) is 17.0 Å². The van der Waals surface area contributed by atoms with Crippen molar-refractivity contribution < 1.29 is 23.5 Å². The van der Waals surface area contributed by atoms with Crippen LogP contribution >= 0.6 is 0 Å². The van der Waals surface area contributed by atoms with Crippen LogP contribution in [-0.2, 0) is 11.2 Å². The van der Waals surface area contributed by atoms with Crippen molar-refractivity contribution >= 4 is 23.3 Å². The van der Waals surface area contributed by atoms with E-state index in [0.717, 1.165) is 24.3 Å². The number of nitrogens with one attached hydrogen (secondary N) is 1. The lowest BCUT2D eigenvalue weighted by molar-refractivity contribution is -0.115. The fourth-order valence-electron chi connectivity index (χ4n) is 4.14. The Hall–Kier alpha value is -4.14. The number of hydrogen-bond acceptors (Lipinski definition) is 6. The number of carbonyl (C=O) groups excluding carboxylic acids is 2. The zero-order valence-electron chi connectivity index (χ0n) is 20.4. The van der Waals surface area contributed by atoms with Crippen LogP contribution in [0.15, 0.2) is 60.8 Å². The van der Waals surface area contributed by atoms with Gasteiger partial charge < -0.3 is 24.6 Å². The molecule has 1 saturated heterocycles. The Morgan fingerprint density at radius 3 is 2.42 bits per heavy atom. The number of rotatable bonds is 7. The number of methoxy groups -OCH3 is 2. The van der Waals surface area contributed by atoms with Crippen molar-refractivity contribution in [1.29, 1.82) is 0 Å².